The van der Waals surface area contributed by atoms with Gasteiger partial charge in [0.05, 0.1) is 24.1 Å². The molecule has 1 unspecified atom stereocenters. The van der Waals surface area contributed by atoms with Gasteiger partial charge in [-0.3, -0.25) is 4.79 Å². The summed E-state index contributed by atoms with van der Waals surface area (Å²) in [5.74, 6) is -0.997. The third kappa shape index (κ3) is 2.18. The maximum absolute atomic E-state index is 13.2. The van der Waals surface area contributed by atoms with Crippen molar-refractivity contribution in [2.45, 2.75) is 6.10 Å². The van der Waals surface area contributed by atoms with E-state index in [1.54, 1.807) is 6.08 Å². The lowest BCUT2D eigenvalue weighted by Crippen LogP contribution is -2.18. The smallest absolute Gasteiger partial charge is 0.340 e. The molecule has 0 bridgehead atoms. The zero-order chi connectivity index (χ0) is 19.4. The van der Waals surface area contributed by atoms with E-state index in [0.717, 1.165) is 16.4 Å². The van der Waals surface area contributed by atoms with Gasteiger partial charge < -0.3 is 19.8 Å². The summed E-state index contributed by atoms with van der Waals surface area (Å²) in [6.45, 7) is 0. The highest BCUT2D eigenvalue weighted by molar-refractivity contribution is 6.26. The number of rotatable bonds is 1. The number of aliphatic hydroxyl groups is 1. The number of ketones is 1. The van der Waals surface area contributed by atoms with Crippen LogP contribution in [0.3, 0.4) is 0 Å². The van der Waals surface area contributed by atoms with E-state index < -0.39 is 17.9 Å². The molecule has 0 saturated carbocycles. The Morgan fingerprint density at radius 2 is 1.57 bits per heavy atom. The van der Waals surface area contributed by atoms with Gasteiger partial charge in [-0.1, -0.05) is 36.4 Å². The zero-order valence-corrected chi connectivity index (χ0v) is 14.9. The molecule has 138 valence electrons. The van der Waals surface area contributed by atoms with Gasteiger partial charge in [0.1, 0.15) is 6.10 Å². The minimum Gasteiger partial charge on any atom is -0.465 e. The maximum Gasteiger partial charge on any atom is 0.340 e. The summed E-state index contributed by atoms with van der Waals surface area (Å²) in [6, 6.07) is 14.7. The minimum atomic E-state index is -1.42. The van der Waals surface area contributed by atoms with E-state index in [1.807, 2.05) is 48.5 Å². The number of benzene rings is 2. The average Bonchev–Trinajstić information content (AvgIpc) is 3.28. The molecule has 5 rings (SSSR count). The second kappa shape index (κ2) is 5.94. The topological polar surface area (TPSA) is 95.2 Å². The molecule has 1 aliphatic rings. The molecule has 6 nitrogen and oxygen atoms in total. The van der Waals surface area contributed by atoms with Crippen molar-refractivity contribution < 1.29 is 19.4 Å². The third-order valence-corrected chi connectivity index (χ3v) is 5.22. The van der Waals surface area contributed by atoms with Gasteiger partial charge in [-0.15, -0.1) is 0 Å². The number of esters is 1. The molecule has 2 heterocycles. The first kappa shape index (κ1) is 16.5. The van der Waals surface area contributed by atoms with Crippen molar-refractivity contribution in [1.29, 1.82) is 0 Å². The van der Waals surface area contributed by atoms with Crippen LogP contribution in [0.4, 0.5) is 0 Å². The number of Topliss-reactive ketones (excluding diaryl/α,β-unsaturated/α-hetero) is 1. The molecule has 2 aromatic heterocycles. The lowest BCUT2D eigenvalue weighted by atomic mass is 9.91. The van der Waals surface area contributed by atoms with Gasteiger partial charge in [-0.25, -0.2) is 4.79 Å². The Morgan fingerprint density at radius 3 is 2.29 bits per heavy atom. The van der Waals surface area contributed by atoms with Crippen LogP contribution >= 0.6 is 0 Å². The number of hydrogen-bond donors (Lipinski definition) is 3. The number of aromatic nitrogens is 2. The van der Waals surface area contributed by atoms with Crippen molar-refractivity contribution in [2.75, 3.05) is 7.11 Å². The molecule has 1 atom stereocenters. The van der Waals surface area contributed by atoms with Gasteiger partial charge in [0.25, 0.3) is 0 Å². The number of fused-ring (bicyclic) bond motifs is 6. The Balaban J connectivity index is 1.92. The first-order chi connectivity index (χ1) is 13.6. The lowest BCUT2D eigenvalue weighted by Gasteiger charge is -2.16. The van der Waals surface area contributed by atoms with Crippen LogP contribution in [0.2, 0.25) is 0 Å². The summed E-state index contributed by atoms with van der Waals surface area (Å²) in [4.78, 5) is 32.1. The molecule has 6 heteroatoms. The fourth-order valence-corrected chi connectivity index (χ4v) is 3.92. The number of para-hydroxylation sites is 2. The Hall–Kier alpha value is -3.64. The molecule has 4 aromatic rings. The van der Waals surface area contributed by atoms with Crippen molar-refractivity contribution in [2.24, 2.45) is 0 Å². The van der Waals surface area contributed by atoms with Crippen molar-refractivity contribution in [3.8, 4) is 0 Å². The van der Waals surface area contributed by atoms with Crippen molar-refractivity contribution in [3.63, 3.8) is 0 Å². The van der Waals surface area contributed by atoms with E-state index in [9.17, 15) is 14.7 Å². The molecule has 0 spiro atoms. The summed E-state index contributed by atoms with van der Waals surface area (Å²) < 4.78 is 5.00. The summed E-state index contributed by atoms with van der Waals surface area (Å²) in [6.07, 6.45) is 0.226. The fraction of sp³-hybridized carbons (Fsp3) is 0.0909. The van der Waals surface area contributed by atoms with Gasteiger partial charge in [0.2, 0.25) is 5.78 Å². The Kier molecular flexibility index (Phi) is 3.50. The molecule has 2 aromatic carbocycles. The molecule has 0 saturated heterocycles. The highest BCUT2D eigenvalue weighted by Gasteiger charge is 2.34. The Labute approximate surface area is 159 Å². The van der Waals surface area contributed by atoms with Crippen LogP contribution < -0.4 is 0 Å². The number of aliphatic hydroxyl groups excluding tert-OH is 1. The van der Waals surface area contributed by atoms with Crippen LogP contribution in [0.25, 0.3) is 33.5 Å². The zero-order valence-electron chi connectivity index (χ0n) is 14.9. The van der Waals surface area contributed by atoms with Crippen molar-refractivity contribution in [3.05, 3.63) is 71.0 Å². The van der Waals surface area contributed by atoms with E-state index in [-0.39, 0.29) is 11.3 Å². The second-order valence-corrected chi connectivity index (χ2v) is 6.73. The van der Waals surface area contributed by atoms with Crippen molar-refractivity contribution >= 4 is 45.2 Å². The van der Waals surface area contributed by atoms with Gasteiger partial charge in [0.15, 0.2) is 0 Å². The first-order valence-electron chi connectivity index (χ1n) is 8.84. The van der Waals surface area contributed by atoms with Crippen LogP contribution in [0.5, 0.6) is 0 Å². The Bertz CT molecular complexity index is 1310. The standard InChI is InChI=1S/C22H16N2O4/c1-28-22(27)14-10-13-11-6-2-4-8-15(11)24-19(13)21(26)20(25)17-12-7-3-5-9-16(12)23-18(14)17/h2-10,20,23-25H,1H3. The summed E-state index contributed by atoms with van der Waals surface area (Å²) in [5.41, 5.74) is 3.33. The van der Waals surface area contributed by atoms with E-state index in [1.165, 1.54) is 7.11 Å². The number of H-pyrrole nitrogens is 2. The number of hydrogen-bond acceptors (Lipinski definition) is 4. The number of ether oxygens (including phenoxy) is 1. The average molecular weight is 372 g/mol. The summed E-state index contributed by atoms with van der Waals surface area (Å²) >= 11 is 0. The van der Waals surface area contributed by atoms with Gasteiger partial charge in [0, 0.05) is 32.9 Å². The number of carbonyl (C=O) groups is 2. The van der Waals surface area contributed by atoms with Gasteiger partial charge >= 0.3 is 5.97 Å². The van der Waals surface area contributed by atoms with E-state index in [0.29, 0.717) is 22.2 Å². The van der Waals surface area contributed by atoms with Crippen LogP contribution in [0, 0.1) is 0 Å². The number of carbonyl (C=O) groups excluding carboxylic acids is 2. The predicted octanol–water partition coefficient (Wildman–Crippen LogP) is 3.59. The van der Waals surface area contributed by atoms with E-state index in [4.69, 9.17) is 4.74 Å². The minimum absolute atomic E-state index is 0.256. The van der Waals surface area contributed by atoms with Crippen molar-refractivity contribution in [1.82, 2.24) is 9.97 Å². The maximum atomic E-state index is 13.2. The monoisotopic (exact) mass is 372 g/mol. The van der Waals surface area contributed by atoms with Gasteiger partial charge in [-0.05, 0) is 18.2 Å². The molecule has 0 radical (unpaired) electrons. The predicted molar refractivity (Wildman–Crippen MR) is 106 cm³/mol. The number of aromatic amines is 2. The normalized spacial score (nSPS) is 16.3. The SMILES string of the molecule is COC(=O)C1=Cc2c([nH]c3ccccc23)C(=O)C(O)c2c1[nH]c1ccccc21. The molecule has 0 amide bonds. The third-order valence-electron chi connectivity index (χ3n) is 5.22. The molecule has 1 aliphatic carbocycles. The van der Waals surface area contributed by atoms with Crippen LogP contribution in [0.15, 0.2) is 48.5 Å². The van der Waals surface area contributed by atoms with Crippen LogP contribution in [-0.4, -0.2) is 33.9 Å². The highest BCUT2D eigenvalue weighted by atomic mass is 16.5. The summed E-state index contributed by atoms with van der Waals surface area (Å²) in [7, 11) is 1.31. The van der Waals surface area contributed by atoms with Crippen LogP contribution in [-0.2, 0) is 9.53 Å². The van der Waals surface area contributed by atoms with E-state index in [2.05, 4.69) is 9.97 Å². The summed E-state index contributed by atoms with van der Waals surface area (Å²) in [5, 5.41) is 12.5. The molecule has 0 aliphatic heterocycles. The molecule has 28 heavy (non-hydrogen) atoms. The quantitative estimate of drug-likeness (QED) is 0.445. The lowest BCUT2D eigenvalue weighted by molar-refractivity contribution is -0.133. The number of methoxy groups -OCH3 is 1. The fourth-order valence-electron chi connectivity index (χ4n) is 3.92. The first-order valence-corrected chi connectivity index (χ1v) is 8.84. The molecular formula is C22H16N2O4. The molecule has 3 N–H and O–H groups in total. The molecular weight excluding hydrogens is 356 g/mol. The van der Waals surface area contributed by atoms with E-state index >= 15 is 0 Å². The second-order valence-electron chi connectivity index (χ2n) is 6.73. The van der Waals surface area contributed by atoms with Gasteiger partial charge in [-0.2, -0.15) is 0 Å². The van der Waals surface area contributed by atoms with Crippen LogP contribution in [0.1, 0.15) is 33.4 Å². The largest absolute Gasteiger partial charge is 0.465 e. The Morgan fingerprint density at radius 1 is 0.964 bits per heavy atom. The number of nitrogens with one attached hydrogen (secondary N) is 2. The highest BCUT2D eigenvalue weighted by Crippen LogP contribution is 2.39. The molecule has 0 fully saturated rings.